The molecule has 0 atom stereocenters. The largest absolute Gasteiger partial charge is 0.494 e. The molecule has 1 aromatic heterocycles. The Kier molecular flexibility index (Phi) is 10.2. The number of hydrogen-bond acceptors (Lipinski definition) is 6. The Hall–Kier alpha value is -2.07. The molecule has 2 aromatic rings. The lowest BCUT2D eigenvalue weighted by molar-refractivity contribution is -0.137. The zero-order valence-electron chi connectivity index (χ0n) is 17.2. The summed E-state index contributed by atoms with van der Waals surface area (Å²) in [5.41, 5.74) is -0.0537. The second-order valence-electron chi connectivity index (χ2n) is 6.16. The fraction of sp³-hybridized carbons (Fsp3) is 0.300. The van der Waals surface area contributed by atoms with Crippen molar-refractivity contribution in [2.45, 2.75) is 13.1 Å². The number of rotatable bonds is 10. The van der Waals surface area contributed by atoms with Crippen LogP contribution in [-0.2, 0) is 11.0 Å². The standard InChI is InChI=1S/C20H17Cl4F3N2O4/c1-11(14-8-13(31-4-3-17(23)24)9-15(21)18(14)30-2)29-33-6-5-32-19-16(22)7-12(10-28-19)20(25,26)27/h3,7-10H,4-6H2,1-2H3. The average molecular weight is 548 g/mol. The molecule has 1 aromatic carbocycles. The Bertz CT molecular complexity index is 1030. The molecule has 180 valence electrons. The Labute approximate surface area is 207 Å². The van der Waals surface area contributed by atoms with Crippen LogP contribution in [0.5, 0.6) is 17.4 Å². The number of oxime groups is 1. The molecule has 0 aliphatic carbocycles. The zero-order chi connectivity index (χ0) is 24.6. The van der Waals surface area contributed by atoms with Gasteiger partial charge in [-0.05, 0) is 25.1 Å². The van der Waals surface area contributed by atoms with E-state index in [4.69, 9.17) is 65.5 Å². The van der Waals surface area contributed by atoms with Gasteiger partial charge in [-0.1, -0.05) is 51.6 Å². The van der Waals surface area contributed by atoms with Crippen LogP contribution < -0.4 is 14.2 Å². The van der Waals surface area contributed by atoms with Gasteiger partial charge in [0, 0.05) is 17.8 Å². The lowest BCUT2D eigenvalue weighted by Crippen LogP contribution is -2.09. The predicted molar refractivity (Wildman–Crippen MR) is 121 cm³/mol. The monoisotopic (exact) mass is 546 g/mol. The Morgan fingerprint density at radius 1 is 1.09 bits per heavy atom. The summed E-state index contributed by atoms with van der Waals surface area (Å²) in [7, 11) is 1.45. The molecule has 0 aliphatic heterocycles. The van der Waals surface area contributed by atoms with Crippen LogP contribution in [0.2, 0.25) is 10.0 Å². The van der Waals surface area contributed by atoms with Crippen LogP contribution in [0, 0.1) is 0 Å². The molecule has 6 nitrogen and oxygen atoms in total. The first-order valence-corrected chi connectivity index (χ1v) is 10.6. The maximum absolute atomic E-state index is 12.7. The Morgan fingerprint density at radius 3 is 2.42 bits per heavy atom. The van der Waals surface area contributed by atoms with E-state index in [0.29, 0.717) is 29.0 Å². The third kappa shape index (κ3) is 8.33. The molecule has 0 bridgehead atoms. The van der Waals surface area contributed by atoms with Gasteiger partial charge in [-0.3, -0.25) is 0 Å². The maximum Gasteiger partial charge on any atom is 0.417 e. The van der Waals surface area contributed by atoms with Crippen LogP contribution in [-0.4, -0.2) is 37.6 Å². The molecule has 0 aliphatic rings. The summed E-state index contributed by atoms with van der Waals surface area (Å²) < 4.78 is 54.1. The lowest BCUT2D eigenvalue weighted by Gasteiger charge is -2.13. The third-order valence-electron chi connectivity index (χ3n) is 3.85. The number of aromatic nitrogens is 1. The summed E-state index contributed by atoms with van der Waals surface area (Å²) in [6.45, 7) is 1.67. The number of alkyl halides is 3. The van der Waals surface area contributed by atoms with Crippen molar-refractivity contribution in [2.24, 2.45) is 5.16 Å². The van der Waals surface area contributed by atoms with E-state index in [1.54, 1.807) is 19.1 Å². The van der Waals surface area contributed by atoms with Gasteiger partial charge in [-0.15, -0.1) is 0 Å². The molecule has 0 saturated carbocycles. The summed E-state index contributed by atoms with van der Waals surface area (Å²) in [5.74, 6) is 0.623. The van der Waals surface area contributed by atoms with E-state index in [-0.39, 0.29) is 40.2 Å². The van der Waals surface area contributed by atoms with Crippen LogP contribution in [0.3, 0.4) is 0 Å². The second-order valence-corrected chi connectivity index (χ2v) is 7.98. The van der Waals surface area contributed by atoms with E-state index < -0.39 is 11.7 Å². The fourth-order valence-corrected chi connectivity index (χ4v) is 3.02. The average Bonchev–Trinajstić information content (AvgIpc) is 2.73. The van der Waals surface area contributed by atoms with Gasteiger partial charge in [0.2, 0.25) is 5.88 Å². The van der Waals surface area contributed by atoms with Gasteiger partial charge in [0.25, 0.3) is 0 Å². The first-order chi connectivity index (χ1) is 15.5. The predicted octanol–water partition coefficient (Wildman–Crippen LogP) is 6.93. The first-order valence-electron chi connectivity index (χ1n) is 9.07. The van der Waals surface area contributed by atoms with Gasteiger partial charge in [0.05, 0.1) is 23.4 Å². The minimum atomic E-state index is -4.55. The summed E-state index contributed by atoms with van der Waals surface area (Å²) in [4.78, 5) is 8.78. The molecule has 0 spiro atoms. The number of pyridine rings is 1. The van der Waals surface area contributed by atoms with Gasteiger partial charge in [0.1, 0.15) is 34.2 Å². The van der Waals surface area contributed by atoms with Crippen LogP contribution in [0.15, 0.2) is 40.1 Å². The summed E-state index contributed by atoms with van der Waals surface area (Å²) in [6, 6.07) is 3.93. The SMILES string of the molecule is COc1c(Cl)cc(OCC=C(Cl)Cl)cc1C(C)=NOCCOc1ncc(C(F)(F)F)cc1Cl. The molecule has 1 heterocycles. The second kappa shape index (κ2) is 12.4. The molecule has 0 unspecified atom stereocenters. The minimum absolute atomic E-state index is 0.0401. The Balaban J connectivity index is 2.00. The van der Waals surface area contributed by atoms with Gasteiger partial charge in [-0.2, -0.15) is 13.2 Å². The number of ether oxygens (including phenoxy) is 3. The van der Waals surface area contributed by atoms with Crippen LogP contribution >= 0.6 is 46.4 Å². The zero-order valence-corrected chi connectivity index (χ0v) is 20.2. The molecule has 0 amide bonds. The topological polar surface area (TPSA) is 62.2 Å². The highest BCUT2D eigenvalue weighted by Crippen LogP contribution is 2.34. The minimum Gasteiger partial charge on any atom is -0.494 e. The molecule has 0 radical (unpaired) electrons. The normalized spacial score (nSPS) is 11.7. The molecule has 13 heteroatoms. The molecule has 33 heavy (non-hydrogen) atoms. The van der Waals surface area contributed by atoms with Crippen molar-refractivity contribution in [1.29, 1.82) is 0 Å². The fourth-order valence-electron chi connectivity index (χ4n) is 2.38. The highest BCUT2D eigenvalue weighted by molar-refractivity contribution is 6.55. The number of benzene rings is 1. The molecule has 0 N–H and O–H groups in total. The smallest absolute Gasteiger partial charge is 0.417 e. The third-order valence-corrected chi connectivity index (χ3v) is 4.71. The highest BCUT2D eigenvalue weighted by Gasteiger charge is 2.31. The lowest BCUT2D eigenvalue weighted by atomic mass is 10.1. The number of methoxy groups -OCH3 is 1. The maximum atomic E-state index is 12.7. The molecular weight excluding hydrogens is 531 g/mol. The van der Waals surface area contributed by atoms with Crippen LogP contribution in [0.4, 0.5) is 13.2 Å². The van der Waals surface area contributed by atoms with Gasteiger partial charge in [-0.25, -0.2) is 4.98 Å². The van der Waals surface area contributed by atoms with Gasteiger partial charge in [0.15, 0.2) is 6.61 Å². The van der Waals surface area contributed by atoms with Crippen molar-refractivity contribution in [3.05, 3.63) is 56.1 Å². The van der Waals surface area contributed by atoms with E-state index in [9.17, 15) is 13.2 Å². The number of halogens is 7. The molecule has 0 saturated heterocycles. The molecular formula is C20H17Cl4F3N2O4. The van der Waals surface area contributed by atoms with Crippen molar-refractivity contribution in [3.63, 3.8) is 0 Å². The molecule has 0 fully saturated rings. The van der Waals surface area contributed by atoms with Gasteiger partial charge < -0.3 is 19.0 Å². The number of hydrogen-bond donors (Lipinski definition) is 0. The van der Waals surface area contributed by atoms with Crippen molar-refractivity contribution in [3.8, 4) is 17.4 Å². The quantitative estimate of drug-likeness (QED) is 0.183. The van der Waals surface area contributed by atoms with Crippen LogP contribution in [0.25, 0.3) is 0 Å². The summed E-state index contributed by atoms with van der Waals surface area (Å²) in [5, 5.41) is 3.99. The highest BCUT2D eigenvalue weighted by atomic mass is 35.5. The summed E-state index contributed by atoms with van der Waals surface area (Å²) >= 11 is 23.1. The van der Waals surface area contributed by atoms with E-state index in [1.807, 2.05) is 0 Å². The van der Waals surface area contributed by atoms with Crippen LogP contribution in [0.1, 0.15) is 18.1 Å². The van der Waals surface area contributed by atoms with E-state index >= 15 is 0 Å². The van der Waals surface area contributed by atoms with Crippen molar-refractivity contribution >= 4 is 52.1 Å². The number of nitrogens with zero attached hydrogens (tertiary/aromatic N) is 2. The van der Waals surface area contributed by atoms with E-state index in [0.717, 1.165) is 6.07 Å². The van der Waals surface area contributed by atoms with Crippen molar-refractivity contribution in [1.82, 2.24) is 4.98 Å². The van der Waals surface area contributed by atoms with E-state index in [2.05, 4.69) is 10.1 Å². The summed E-state index contributed by atoms with van der Waals surface area (Å²) in [6.07, 6.45) is -2.46. The first kappa shape index (κ1) is 27.2. The molecule has 2 rings (SSSR count). The van der Waals surface area contributed by atoms with Crippen molar-refractivity contribution < 1.29 is 32.2 Å². The Morgan fingerprint density at radius 2 is 1.82 bits per heavy atom. The van der Waals surface area contributed by atoms with Crippen molar-refractivity contribution in [2.75, 3.05) is 26.9 Å². The van der Waals surface area contributed by atoms with Gasteiger partial charge >= 0.3 is 6.18 Å². The van der Waals surface area contributed by atoms with E-state index in [1.165, 1.54) is 13.2 Å².